The Hall–Kier alpha value is -3.48. The van der Waals surface area contributed by atoms with Crippen LogP contribution in [-0.2, 0) is 11.3 Å². The van der Waals surface area contributed by atoms with Crippen LogP contribution in [0, 0.1) is 5.82 Å². The summed E-state index contributed by atoms with van der Waals surface area (Å²) in [7, 11) is 1.38. The maximum Gasteiger partial charge on any atom is 0.338 e. The Labute approximate surface area is 155 Å². The lowest BCUT2D eigenvalue weighted by Gasteiger charge is -2.09. The van der Waals surface area contributed by atoms with E-state index < -0.39 is 24.2 Å². The lowest BCUT2D eigenvalue weighted by molar-refractivity contribution is 0.0474. The molecule has 3 aromatic rings. The first-order valence-corrected chi connectivity index (χ1v) is 8.17. The Morgan fingerprint density at radius 3 is 2.59 bits per heavy atom. The highest BCUT2D eigenvalue weighted by molar-refractivity contribution is 6.01. The quantitative estimate of drug-likeness (QED) is 0.473. The van der Waals surface area contributed by atoms with Gasteiger partial charge in [0, 0.05) is 12.4 Å². The summed E-state index contributed by atoms with van der Waals surface area (Å²) in [5, 5.41) is 4.12. The van der Waals surface area contributed by atoms with E-state index in [1.54, 1.807) is 35.1 Å². The number of Topliss-reactive ketones (excluding diaryl/α,β-unsaturated/α-hetero) is 1. The fourth-order valence-corrected chi connectivity index (χ4v) is 2.52. The molecule has 0 aliphatic rings. The third-order valence-corrected chi connectivity index (χ3v) is 3.89. The number of ketones is 1. The van der Waals surface area contributed by atoms with E-state index in [0.29, 0.717) is 12.1 Å². The Bertz CT molecular complexity index is 937. The smallest absolute Gasteiger partial charge is 0.338 e. The van der Waals surface area contributed by atoms with Crippen LogP contribution in [0.2, 0.25) is 0 Å². The first-order chi connectivity index (χ1) is 13.1. The van der Waals surface area contributed by atoms with Gasteiger partial charge in [-0.25, -0.2) is 9.18 Å². The van der Waals surface area contributed by atoms with E-state index in [4.69, 9.17) is 9.47 Å². The molecule has 1 aromatic heterocycles. The molecule has 3 rings (SSSR count). The van der Waals surface area contributed by atoms with Crippen molar-refractivity contribution in [3.05, 3.63) is 83.4 Å². The Kier molecular flexibility index (Phi) is 5.61. The zero-order valence-corrected chi connectivity index (χ0v) is 14.6. The molecule has 0 aliphatic heterocycles. The number of halogens is 1. The predicted octanol–water partition coefficient (Wildman–Crippen LogP) is 3.12. The molecule has 0 amide bonds. The standard InChI is InChI=1S/C20H17FN2O4/c1-26-19-8-7-16(21)11-17(19)18(24)13-27-20(25)15-5-3-14(4-6-15)12-23-10-2-9-22-23/h2-11H,12-13H2,1H3. The largest absolute Gasteiger partial charge is 0.496 e. The summed E-state index contributed by atoms with van der Waals surface area (Å²) in [5.41, 5.74) is 1.31. The molecule has 0 aliphatic carbocycles. The number of hydrogen-bond donors (Lipinski definition) is 0. The summed E-state index contributed by atoms with van der Waals surface area (Å²) in [4.78, 5) is 24.3. The number of carbonyl (C=O) groups excluding carboxylic acids is 2. The average Bonchev–Trinajstić information content (AvgIpc) is 3.19. The van der Waals surface area contributed by atoms with Gasteiger partial charge in [-0.3, -0.25) is 9.48 Å². The Morgan fingerprint density at radius 2 is 1.93 bits per heavy atom. The fourth-order valence-electron chi connectivity index (χ4n) is 2.52. The van der Waals surface area contributed by atoms with E-state index in [9.17, 15) is 14.0 Å². The molecular formula is C20H17FN2O4. The molecule has 0 saturated carbocycles. The van der Waals surface area contributed by atoms with Gasteiger partial charge in [-0.05, 0) is 42.0 Å². The first-order valence-electron chi connectivity index (χ1n) is 8.17. The summed E-state index contributed by atoms with van der Waals surface area (Å²) in [6, 6.07) is 12.2. The molecule has 0 saturated heterocycles. The SMILES string of the molecule is COc1ccc(F)cc1C(=O)COC(=O)c1ccc(Cn2cccn2)cc1. The van der Waals surface area contributed by atoms with Gasteiger partial charge in [-0.2, -0.15) is 5.10 Å². The number of ether oxygens (including phenoxy) is 2. The van der Waals surface area contributed by atoms with E-state index in [1.165, 1.54) is 19.2 Å². The molecule has 7 heteroatoms. The third kappa shape index (κ3) is 4.58. The minimum Gasteiger partial charge on any atom is -0.496 e. The summed E-state index contributed by atoms with van der Waals surface area (Å²) < 4.78 is 25.2. The van der Waals surface area contributed by atoms with Crippen LogP contribution < -0.4 is 4.74 Å². The summed E-state index contributed by atoms with van der Waals surface area (Å²) >= 11 is 0. The van der Waals surface area contributed by atoms with Crippen LogP contribution in [-0.4, -0.2) is 35.2 Å². The molecule has 0 atom stereocenters. The van der Waals surface area contributed by atoms with E-state index in [0.717, 1.165) is 11.6 Å². The van der Waals surface area contributed by atoms with E-state index >= 15 is 0 Å². The fraction of sp³-hybridized carbons (Fsp3) is 0.150. The van der Waals surface area contributed by atoms with Crippen molar-refractivity contribution in [3.8, 4) is 5.75 Å². The number of nitrogens with zero attached hydrogens (tertiary/aromatic N) is 2. The molecule has 0 radical (unpaired) electrons. The van der Waals surface area contributed by atoms with Crippen molar-refractivity contribution in [1.29, 1.82) is 0 Å². The van der Waals surface area contributed by atoms with Gasteiger partial charge < -0.3 is 9.47 Å². The van der Waals surface area contributed by atoms with Crippen molar-refractivity contribution >= 4 is 11.8 Å². The number of benzene rings is 2. The minimum atomic E-state index is -0.635. The zero-order chi connectivity index (χ0) is 19.2. The van der Waals surface area contributed by atoms with Crippen molar-refractivity contribution in [2.24, 2.45) is 0 Å². The van der Waals surface area contributed by atoms with Crippen molar-refractivity contribution in [2.45, 2.75) is 6.54 Å². The summed E-state index contributed by atoms with van der Waals surface area (Å²) in [6.45, 7) is 0.0772. The zero-order valence-electron chi connectivity index (χ0n) is 14.6. The topological polar surface area (TPSA) is 70.4 Å². The Morgan fingerprint density at radius 1 is 1.15 bits per heavy atom. The molecule has 0 fully saturated rings. The number of methoxy groups -OCH3 is 1. The normalized spacial score (nSPS) is 10.4. The molecule has 1 heterocycles. The van der Waals surface area contributed by atoms with Crippen LogP contribution in [0.3, 0.4) is 0 Å². The van der Waals surface area contributed by atoms with E-state index in [2.05, 4.69) is 5.10 Å². The lowest BCUT2D eigenvalue weighted by Crippen LogP contribution is -2.15. The van der Waals surface area contributed by atoms with Crippen molar-refractivity contribution < 1.29 is 23.5 Å². The molecule has 0 N–H and O–H groups in total. The van der Waals surface area contributed by atoms with Crippen LogP contribution >= 0.6 is 0 Å². The second-order valence-corrected chi connectivity index (χ2v) is 5.74. The molecule has 138 valence electrons. The molecular weight excluding hydrogens is 351 g/mol. The maximum absolute atomic E-state index is 13.4. The number of carbonyl (C=O) groups is 2. The minimum absolute atomic E-state index is 0.0277. The number of aromatic nitrogens is 2. The van der Waals surface area contributed by atoms with Crippen LogP contribution in [0.4, 0.5) is 4.39 Å². The van der Waals surface area contributed by atoms with Gasteiger partial charge in [0.2, 0.25) is 5.78 Å². The van der Waals surface area contributed by atoms with Crippen molar-refractivity contribution in [2.75, 3.05) is 13.7 Å². The van der Waals surface area contributed by atoms with Gasteiger partial charge in [0.05, 0.1) is 24.8 Å². The molecule has 0 unspecified atom stereocenters. The van der Waals surface area contributed by atoms with Gasteiger partial charge in [-0.15, -0.1) is 0 Å². The van der Waals surface area contributed by atoms with E-state index in [-0.39, 0.29) is 11.3 Å². The summed E-state index contributed by atoms with van der Waals surface area (Å²) in [5.74, 6) is -1.53. The average molecular weight is 368 g/mol. The van der Waals surface area contributed by atoms with Gasteiger partial charge in [0.1, 0.15) is 11.6 Å². The number of hydrogen-bond acceptors (Lipinski definition) is 5. The Balaban J connectivity index is 1.60. The second kappa shape index (κ2) is 8.27. The van der Waals surface area contributed by atoms with Gasteiger partial charge in [0.15, 0.2) is 6.61 Å². The molecule has 2 aromatic carbocycles. The highest BCUT2D eigenvalue weighted by atomic mass is 19.1. The lowest BCUT2D eigenvalue weighted by atomic mass is 10.1. The van der Waals surface area contributed by atoms with Gasteiger partial charge >= 0.3 is 5.97 Å². The second-order valence-electron chi connectivity index (χ2n) is 5.74. The molecule has 0 spiro atoms. The van der Waals surface area contributed by atoms with E-state index in [1.807, 2.05) is 12.3 Å². The summed E-state index contributed by atoms with van der Waals surface area (Å²) in [6.07, 6.45) is 3.53. The molecule has 6 nitrogen and oxygen atoms in total. The molecule has 27 heavy (non-hydrogen) atoms. The third-order valence-electron chi connectivity index (χ3n) is 3.89. The van der Waals surface area contributed by atoms with Crippen LogP contribution in [0.25, 0.3) is 0 Å². The van der Waals surface area contributed by atoms with Gasteiger partial charge in [0.25, 0.3) is 0 Å². The highest BCUT2D eigenvalue weighted by Crippen LogP contribution is 2.20. The number of rotatable bonds is 7. The predicted molar refractivity (Wildman–Crippen MR) is 95.3 cm³/mol. The van der Waals surface area contributed by atoms with Crippen LogP contribution in [0.1, 0.15) is 26.3 Å². The maximum atomic E-state index is 13.4. The number of esters is 1. The molecule has 0 bridgehead atoms. The van der Waals surface area contributed by atoms with Crippen molar-refractivity contribution in [1.82, 2.24) is 9.78 Å². The van der Waals surface area contributed by atoms with Gasteiger partial charge in [-0.1, -0.05) is 12.1 Å². The van der Waals surface area contributed by atoms with Crippen molar-refractivity contribution in [3.63, 3.8) is 0 Å². The monoisotopic (exact) mass is 368 g/mol. The first kappa shape index (κ1) is 18.3. The van der Waals surface area contributed by atoms with Crippen LogP contribution in [0.5, 0.6) is 5.75 Å². The van der Waals surface area contributed by atoms with Crippen LogP contribution in [0.15, 0.2) is 60.9 Å². The highest BCUT2D eigenvalue weighted by Gasteiger charge is 2.16.